The van der Waals surface area contributed by atoms with Crippen LogP contribution in [0.15, 0.2) is 24.3 Å². The van der Waals surface area contributed by atoms with Crippen LogP contribution in [0.2, 0.25) is 0 Å². The zero-order chi connectivity index (χ0) is 15.1. The molecule has 0 bridgehead atoms. The van der Waals surface area contributed by atoms with E-state index < -0.39 is 0 Å². The number of hydrogen-bond donors (Lipinski definition) is 1. The molecule has 0 aromatic heterocycles. The minimum atomic E-state index is -0.322. The van der Waals surface area contributed by atoms with Crippen molar-refractivity contribution in [3.8, 4) is 0 Å². The van der Waals surface area contributed by atoms with Crippen LogP contribution in [0.3, 0.4) is 0 Å². The molecule has 21 heavy (non-hydrogen) atoms. The lowest BCUT2D eigenvalue weighted by Gasteiger charge is -2.20. The van der Waals surface area contributed by atoms with E-state index in [1.54, 1.807) is 36.0 Å². The molecule has 0 aliphatic carbocycles. The molecule has 1 atom stereocenters. The van der Waals surface area contributed by atoms with Crippen molar-refractivity contribution >= 4 is 29.3 Å². The third-order valence-corrected chi connectivity index (χ3v) is 4.67. The number of nitrogens with one attached hydrogen (secondary N) is 1. The largest absolute Gasteiger partial charge is 0.462 e. The van der Waals surface area contributed by atoms with Gasteiger partial charge < -0.3 is 10.1 Å². The lowest BCUT2D eigenvalue weighted by atomic mass is 10.1. The van der Waals surface area contributed by atoms with Gasteiger partial charge in [0.05, 0.1) is 17.4 Å². The van der Waals surface area contributed by atoms with Crippen LogP contribution in [0.4, 0.5) is 5.69 Å². The maximum absolute atomic E-state index is 12.1. The van der Waals surface area contributed by atoms with E-state index in [0.717, 1.165) is 30.7 Å². The highest BCUT2D eigenvalue weighted by atomic mass is 32.2. The number of esters is 1. The molecule has 1 unspecified atom stereocenters. The predicted molar refractivity (Wildman–Crippen MR) is 85.7 cm³/mol. The Bertz CT molecular complexity index is 481. The zero-order valence-corrected chi connectivity index (χ0v) is 13.1. The molecule has 0 spiro atoms. The second-order valence-electron chi connectivity index (χ2n) is 5.06. The van der Waals surface area contributed by atoms with Crippen molar-refractivity contribution in [3.63, 3.8) is 0 Å². The Labute approximate surface area is 129 Å². The van der Waals surface area contributed by atoms with E-state index in [1.807, 2.05) is 6.92 Å². The van der Waals surface area contributed by atoms with Crippen LogP contribution in [0.5, 0.6) is 0 Å². The molecule has 0 radical (unpaired) electrons. The number of carbonyl (C=O) groups excluding carboxylic acids is 2. The summed E-state index contributed by atoms with van der Waals surface area (Å²) in [6.45, 7) is 2.38. The number of carbonyl (C=O) groups is 2. The van der Waals surface area contributed by atoms with Gasteiger partial charge in [-0.2, -0.15) is 0 Å². The number of anilines is 1. The van der Waals surface area contributed by atoms with Crippen LogP contribution in [-0.2, 0) is 9.53 Å². The molecule has 1 aliphatic heterocycles. The average molecular weight is 307 g/mol. The van der Waals surface area contributed by atoms with Gasteiger partial charge in [0.25, 0.3) is 0 Å². The Morgan fingerprint density at radius 3 is 2.67 bits per heavy atom. The van der Waals surface area contributed by atoms with E-state index in [1.165, 1.54) is 6.42 Å². The van der Waals surface area contributed by atoms with Gasteiger partial charge in [0.2, 0.25) is 5.91 Å². The lowest BCUT2D eigenvalue weighted by molar-refractivity contribution is -0.115. The number of rotatable bonds is 5. The molecule has 5 heteroatoms. The van der Waals surface area contributed by atoms with Gasteiger partial charge in [-0.25, -0.2) is 4.79 Å². The highest BCUT2D eigenvalue weighted by Crippen LogP contribution is 2.26. The summed E-state index contributed by atoms with van der Waals surface area (Å²) in [6, 6.07) is 6.85. The number of hydrogen-bond acceptors (Lipinski definition) is 4. The average Bonchev–Trinajstić information content (AvgIpc) is 2.54. The third kappa shape index (κ3) is 4.77. The molecular formula is C16H21NO3S. The van der Waals surface area contributed by atoms with Crippen LogP contribution < -0.4 is 5.32 Å². The summed E-state index contributed by atoms with van der Waals surface area (Å²) in [5, 5.41) is 2.96. The maximum atomic E-state index is 12.1. The molecule has 1 amide bonds. The maximum Gasteiger partial charge on any atom is 0.338 e. The van der Waals surface area contributed by atoms with Crippen molar-refractivity contribution in [3.05, 3.63) is 29.8 Å². The minimum absolute atomic E-state index is 0.0490. The summed E-state index contributed by atoms with van der Waals surface area (Å²) in [7, 11) is 0. The summed E-state index contributed by atoms with van der Waals surface area (Å²) in [5.74, 6) is 0.791. The Kier molecular flexibility index (Phi) is 6.11. The van der Waals surface area contributed by atoms with Gasteiger partial charge in [-0.3, -0.25) is 4.79 Å². The van der Waals surface area contributed by atoms with E-state index in [0.29, 0.717) is 12.2 Å². The SMILES string of the molecule is CCCOC(=O)c1ccc(NC(=O)C2CCCCS2)cc1. The van der Waals surface area contributed by atoms with Gasteiger partial charge >= 0.3 is 5.97 Å². The van der Waals surface area contributed by atoms with Gasteiger partial charge in [-0.1, -0.05) is 13.3 Å². The smallest absolute Gasteiger partial charge is 0.338 e. The van der Waals surface area contributed by atoms with Crippen molar-refractivity contribution in [1.82, 2.24) is 0 Å². The number of ether oxygens (including phenoxy) is 1. The van der Waals surface area contributed by atoms with E-state index in [9.17, 15) is 9.59 Å². The summed E-state index contributed by atoms with van der Waals surface area (Å²) < 4.78 is 5.06. The van der Waals surface area contributed by atoms with E-state index in [-0.39, 0.29) is 17.1 Å². The number of thioether (sulfide) groups is 1. The highest BCUT2D eigenvalue weighted by Gasteiger charge is 2.21. The van der Waals surface area contributed by atoms with Crippen LogP contribution in [-0.4, -0.2) is 29.5 Å². The molecule has 1 heterocycles. The Morgan fingerprint density at radius 1 is 1.29 bits per heavy atom. The zero-order valence-electron chi connectivity index (χ0n) is 12.3. The summed E-state index contributed by atoms with van der Waals surface area (Å²) >= 11 is 1.72. The molecule has 114 valence electrons. The molecule has 1 aliphatic rings. The van der Waals surface area contributed by atoms with Crippen molar-refractivity contribution in [2.24, 2.45) is 0 Å². The molecule has 2 rings (SSSR count). The van der Waals surface area contributed by atoms with Gasteiger partial charge in [-0.05, 0) is 49.3 Å². The normalized spacial score (nSPS) is 18.0. The first-order valence-corrected chi connectivity index (χ1v) is 8.45. The first kappa shape index (κ1) is 15.9. The minimum Gasteiger partial charge on any atom is -0.462 e. The molecule has 4 nitrogen and oxygen atoms in total. The van der Waals surface area contributed by atoms with Crippen molar-refractivity contribution in [1.29, 1.82) is 0 Å². The standard InChI is InChI=1S/C16H21NO3S/c1-2-10-20-16(19)12-6-8-13(9-7-12)17-15(18)14-5-3-4-11-21-14/h6-9,14H,2-5,10-11H2,1H3,(H,17,18). The second kappa shape index (κ2) is 8.08. The predicted octanol–water partition coefficient (Wildman–Crippen LogP) is 3.48. The molecular weight excluding hydrogens is 286 g/mol. The summed E-state index contributed by atoms with van der Waals surface area (Å²) in [6.07, 6.45) is 4.06. The van der Waals surface area contributed by atoms with E-state index in [4.69, 9.17) is 4.74 Å². The van der Waals surface area contributed by atoms with Crippen molar-refractivity contribution in [2.45, 2.75) is 37.9 Å². The van der Waals surface area contributed by atoms with Crippen LogP contribution in [0.1, 0.15) is 43.0 Å². The fraction of sp³-hybridized carbons (Fsp3) is 0.500. The van der Waals surface area contributed by atoms with Gasteiger partial charge in [0.15, 0.2) is 0 Å². The fourth-order valence-corrected chi connectivity index (χ4v) is 3.34. The van der Waals surface area contributed by atoms with Gasteiger partial charge in [0, 0.05) is 5.69 Å². The first-order chi connectivity index (χ1) is 10.2. The third-order valence-electron chi connectivity index (χ3n) is 3.30. The molecule has 0 saturated carbocycles. The van der Waals surface area contributed by atoms with Gasteiger partial charge in [-0.15, -0.1) is 11.8 Å². The van der Waals surface area contributed by atoms with E-state index >= 15 is 0 Å². The molecule has 1 N–H and O–H groups in total. The molecule has 1 aromatic rings. The van der Waals surface area contributed by atoms with Crippen LogP contribution in [0.25, 0.3) is 0 Å². The fourth-order valence-electron chi connectivity index (χ4n) is 2.14. The van der Waals surface area contributed by atoms with Crippen molar-refractivity contribution < 1.29 is 14.3 Å². The summed E-state index contributed by atoms with van der Waals surface area (Å²) in [5.41, 5.74) is 1.23. The van der Waals surface area contributed by atoms with Gasteiger partial charge in [0.1, 0.15) is 0 Å². The monoisotopic (exact) mass is 307 g/mol. The summed E-state index contributed by atoms with van der Waals surface area (Å²) in [4.78, 5) is 23.8. The van der Waals surface area contributed by atoms with Crippen LogP contribution >= 0.6 is 11.8 Å². The first-order valence-electron chi connectivity index (χ1n) is 7.40. The Balaban J connectivity index is 1.89. The highest BCUT2D eigenvalue weighted by molar-refractivity contribution is 8.00. The number of benzene rings is 1. The molecule has 1 saturated heterocycles. The Morgan fingerprint density at radius 2 is 2.05 bits per heavy atom. The Hall–Kier alpha value is -1.49. The number of amides is 1. The van der Waals surface area contributed by atoms with E-state index in [2.05, 4.69) is 5.32 Å². The molecule has 1 aromatic carbocycles. The van der Waals surface area contributed by atoms with Crippen LogP contribution in [0, 0.1) is 0 Å². The molecule has 1 fully saturated rings. The topological polar surface area (TPSA) is 55.4 Å². The van der Waals surface area contributed by atoms with Crippen molar-refractivity contribution in [2.75, 3.05) is 17.7 Å². The second-order valence-corrected chi connectivity index (χ2v) is 6.37. The quantitative estimate of drug-likeness (QED) is 0.846. The lowest BCUT2D eigenvalue weighted by Crippen LogP contribution is -2.27.